The van der Waals surface area contributed by atoms with Crippen LogP contribution in [0.2, 0.25) is 0 Å². The van der Waals surface area contributed by atoms with Crippen molar-refractivity contribution < 1.29 is 14.6 Å². The molecule has 2 aromatic rings. The van der Waals surface area contributed by atoms with Gasteiger partial charge in [0.25, 0.3) is 5.91 Å². The van der Waals surface area contributed by atoms with Crippen LogP contribution in [0.3, 0.4) is 0 Å². The smallest absolute Gasteiger partial charge is 0.277 e. The Morgan fingerprint density at radius 3 is 2.50 bits per heavy atom. The number of nitrogens with zero attached hydrogens (tertiary/aromatic N) is 1. The Morgan fingerprint density at radius 2 is 1.88 bits per heavy atom. The van der Waals surface area contributed by atoms with Crippen LogP contribution in [0.1, 0.15) is 44.4 Å². The Kier molecular flexibility index (Phi) is 6.03. The summed E-state index contributed by atoms with van der Waals surface area (Å²) in [6.45, 7) is 10.0. The maximum absolute atomic E-state index is 12.0. The summed E-state index contributed by atoms with van der Waals surface area (Å²) in [5.74, 6) is 0.433. The van der Waals surface area contributed by atoms with Gasteiger partial charge in [-0.25, -0.2) is 5.43 Å². The lowest BCUT2D eigenvalue weighted by atomic mass is 9.86. The summed E-state index contributed by atoms with van der Waals surface area (Å²) in [4.78, 5) is 12.0. The Balaban J connectivity index is 1.95. The molecule has 2 N–H and O–H groups in total. The third-order valence-electron chi connectivity index (χ3n) is 4.04. The van der Waals surface area contributed by atoms with Gasteiger partial charge < -0.3 is 9.84 Å². The van der Waals surface area contributed by atoms with E-state index in [4.69, 9.17) is 4.74 Å². The zero-order valence-corrected chi connectivity index (χ0v) is 16.0. The molecule has 0 spiro atoms. The Labute approximate surface area is 154 Å². The minimum atomic E-state index is -0.362. The number of phenolic OH excluding ortho intramolecular Hbond substituents is 1. The minimum absolute atomic E-state index is 0.0654. The fourth-order valence-corrected chi connectivity index (χ4v) is 2.44. The predicted molar refractivity (Wildman–Crippen MR) is 104 cm³/mol. The SMILES string of the molecule is CC(=NNC(=O)COc1ccc(C(C)(C)C)cc1C)c1ccccc1O. The highest BCUT2D eigenvalue weighted by atomic mass is 16.5. The highest BCUT2D eigenvalue weighted by Crippen LogP contribution is 2.27. The molecule has 5 nitrogen and oxygen atoms in total. The van der Waals surface area contributed by atoms with E-state index in [0.29, 0.717) is 17.0 Å². The highest BCUT2D eigenvalue weighted by Gasteiger charge is 2.15. The first-order valence-electron chi connectivity index (χ1n) is 8.54. The van der Waals surface area contributed by atoms with Crippen molar-refractivity contribution in [2.75, 3.05) is 6.61 Å². The van der Waals surface area contributed by atoms with E-state index in [2.05, 4.69) is 37.4 Å². The molecule has 1 amide bonds. The molecule has 0 aliphatic rings. The first-order chi connectivity index (χ1) is 12.2. The van der Waals surface area contributed by atoms with Gasteiger partial charge in [0.1, 0.15) is 11.5 Å². The van der Waals surface area contributed by atoms with Crippen LogP contribution in [0.25, 0.3) is 0 Å². The van der Waals surface area contributed by atoms with E-state index in [1.54, 1.807) is 31.2 Å². The number of phenols is 1. The number of hydrazone groups is 1. The molecule has 2 aromatic carbocycles. The molecule has 2 rings (SSSR count). The van der Waals surface area contributed by atoms with Crippen LogP contribution in [0.4, 0.5) is 0 Å². The number of carbonyl (C=O) groups is 1. The van der Waals surface area contributed by atoms with E-state index in [9.17, 15) is 9.90 Å². The summed E-state index contributed by atoms with van der Waals surface area (Å²) in [5.41, 5.74) is 5.80. The number of ether oxygens (including phenoxy) is 1. The summed E-state index contributed by atoms with van der Waals surface area (Å²) >= 11 is 0. The summed E-state index contributed by atoms with van der Waals surface area (Å²) in [7, 11) is 0. The molecule has 0 aliphatic carbocycles. The molecular formula is C21H26N2O3. The lowest BCUT2D eigenvalue weighted by Gasteiger charge is -2.20. The first kappa shape index (κ1) is 19.5. The Morgan fingerprint density at radius 1 is 1.19 bits per heavy atom. The fraction of sp³-hybridized carbons (Fsp3) is 0.333. The van der Waals surface area contributed by atoms with Crippen molar-refractivity contribution in [2.24, 2.45) is 5.10 Å². The van der Waals surface area contributed by atoms with Crippen molar-refractivity contribution in [3.63, 3.8) is 0 Å². The second kappa shape index (κ2) is 8.04. The van der Waals surface area contributed by atoms with Crippen molar-refractivity contribution >= 4 is 11.6 Å². The van der Waals surface area contributed by atoms with E-state index in [1.807, 2.05) is 19.1 Å². The lowest BCUT2D eigenvalue weighted by molar-refractivity contribution is -0.123. The monoisotopic (exact) mass is 354 g/mol. The van der Waals surface area contributed by atoms with E-state index in [0.717, 1.165) is 5.56 Å². The minimum Gasteiger partial charge on any atom is -0.507 e. The van der Waals surface area contributed by atoms with Crippen LogP contribution in [0.15, 0.2) is 47.6 Å². The normalized spacial score (nSPS) is 12.0. The topological polar surface area (TPSA) is 70.9 Å². The summed E-state index contributed by atoms with van der Waals surface area (Å²) in [6.07, 6.45) is 0. The van der Waals surface area contributed by atoms with Crippen LogP contribution in [-0.2, 0) is 10.2 Å². The van der Waals surface area contributed by atoms with Crippen molar-refractivity contribution in [1.29, 1.82) is 0 Å². The van der Waals surface area contributed by atoms with Crippen LogP contribution < -0.4 is 10.2 Å². The zero-order valence-electron chi connectivity index (χ0n) is 16.0. The van der Waals surface area contributed by atoms with E-state index >= 15 is 0 Å². The first-order valence-corrected chi connectivity index (χ1v) is 8.54. The molecule has 0 heterocycles. The van der Waals surface area contributed by atoms with Gasteiger partial charge in [-0.05, 0) is 48.6 Å². The van der Waals surface area contributed by atoms with Gasteiger partial charge in [0.15, 0.2) is 6.61 Å². The number of aryl methyl sites for hydroxylation is 1. The van der Waals surface area contributed by atoms with Gasteiger partial charge in [0, 0.05) is 5.56 Å². The van der Waals surface area contributed by atoms with Gasteiger partial charge >= 0.3 is 0 Å². The van der Waals surface area contributed by atoms with Gasteiger partial charge in [-0.15, -0.1) is 0 Å². The molecular weight excluding hydrogens is 328 g/mol. The van der Waals surface area contributed by atoms with Gasteiger partial charge in [-0.2, -0.15) is 5.10 Å². The molecule has 0 radical (unpaired) electrons. The molecule has 0 saturated carbocycles. The van der Waals surface area contributed by atoms with E-state index in [-0.39, 0.29) is 23.7 Å². The molecule has 0 atom stereocenters. The predicted octanol–water partition coefficient (Wildman–Crippen LogP) is 3.92. The molecule has 0 fully saturated rings. The number of nitrogens with one attached hydrogen (secondary N) is 1. The highest BCUT2D eigenvalue weighted by molar-refractivity contribution is 6.01. The number of rotatable bonds is 5. The molecule has 0 aromatic heterocycles. The van der Waals surface area contributed by atoms with Gasteiger partial charge in [-0.1, -0.05) is 45.0 Å². The molecule has 138 valence electrons. The number of carbonyl (C=O) groups excluding carboxylic acids is 1. The average Bonchev–Trinajstić information content (AvgIpc) is 2.58. The number of aromatic hydroxyl groups is 1. The van der Waals surface area contributed by atoms with Crippen LogP contribution >= 0.6 is 0 Å². The quantitative estimate of drug-likeness (QED) is 0.631. The summed E-state index contributed by atoms with van der Waals surface area (Å²) < 4.78 is 5.60. The van der Waals surface area contributed by atoms with Crippen molar-refractivity contribution in [3.8, 4) is 11.5 Å². The fourth-order valence-electron chi connectivity index (χ4n) is 2.44. The van der Waals surface area contributed by atoms with Crippen LogP contribution in [0, 0.1) is 6.92 Å². The van der Waals surface area contributed by atoms with Crippen molar-refractivity contribution in [2.45, 2.75) is 40.0 Å². The lowest BCUT2D eigenvalue weighted by Crippen LogP contribution is -2.25. The maximum Gasteiger partial charge on any atom is 0.277 e. The Bertz CT molecular complexity index is 820. The molecule has 0 bridgehead atoms. The largest absolute Gasteiger partial charge is 0.507 e. The molecule has 0 aliphatic heterocycles. The second-order valence-corrected chi connectivity index (χ2v) is 7.27. The van der Waals surface area contributed by atoms with E-state index < -0.39 is 0 Å². The number of hydrogen-bond donors (Lipinski definition) is 2. The maximum atomic E-state index is 12.0. The standard InChI is InChI=1S/C21H26N2O3/c1-14-12-16(21(3,4)5)10-11-19(14)26-13-20(25)23-22-15(2)17-8-6-7-9-18(17)24/h6-12,24H,13H2,1-5H3,(H,23,25). The number of amides is 1. The van der Waals surface area contributed by atoms with Gasteiger partial charge in [0.2, 0.25) is 0 Å². The van der Waals surface area contributed by atoms with Crippen LogP contribution in [-0.4, -0.2) is 23.3 Å². The molecule has 26 heavy (non-hydrogen) atoms. The molecule has 5 heteroatoms. The zero-order chi connectivity index (χ0) is 19.3. The number of hydrogen-bond acceptors (Lipinski definition) is 4. The Hall–Kier alpha value is -2.82. The molecule has 0 unspecified atom stereocenters. The number of para-hydroxylation sites is 1. The number of benzene rings is 2. The summed E-state index contributed by atoms with van der Waals surface area (Å²) in [6, 6.07) is 12.8. The summed E-state index contributed by atoms with van der Waals surface area (Å²) in [5, 5.41) is 13.8. The second-order valence-electron chi connectivity index (χ2n) is 7.27. The van der Waals surface area contributed by atoms with E-state index in [1.165, 1.54) is 5.56 Å². The van der Waals surface area contributed by atoms with Crippen molar-refractivity contribution in [3.05, 3.63) is 59.2 Å². The third-order valence-corrected chi connectivity index (χ3v) is 4.04. The molecule has 0 saturated heterocycles. The van der Waals surface area contributed by atoms with Crippen molar-refractivity contribution in [1.82, 2.24) is 5.43 Å². The average molecular weight is 354 g/mol. The van der Waals surface area contributed by atoms with Gasteiger partial charge in [0.05, 0.1) is 5.71 Å². The van der Waals surface area contributed by atoms with Gasteiger partial charge in [-0.3, -0.25) is 4.79 Å². The third kappa shape index (κ3) is 5.09. The van der Waals surface area contributed by atoms with Crippen LogP contribution in [0.5, 0.6) is 11.5 Å².